The number of sulfone groups is 1. The van der Waals surface area contributed by atoms with E-state index in [2.05, 4.69) is 21.2 Å². The second-order valence-corrected chi connectivity index (χ2v) is 7.86. The average Bonchev–Trinajstić information content (AvgIpc) is 2.15. The third-order valence-corrected chi connectivity index (χ3v) is 4.92. The minimum Gasteiger partial charge on any atom is -0.311 e. The number of nitrogens with one attached hydrogen (secondary N) is 1. The Kier molecular flexibility index (Phi) is 4.75. The maximum atomic E-state index is 12.1. The standard InChI is InChI=1S/C12H18BrNO2S/c1-12(2,3)14-8-9-17(15,16)11-7-5-4-6-10(11)13/h4-7,14H,8-9H2,1-3H3. The molecule has 0 radical (unpaired) electrons. The van der Waals surface area contributed by atoms with Gasteiger partial charge in [0.1, 0.15) is 0 Å². The molecule has 0 bridgehead atoms. The third kappa shape index (κ3) is 4.77. The van der Waals surface area contributed by atoms with Crippen molar-refractivity contribution < 1.29 is 8.42 Å². The van der Waals surface area contributed by atoms with Crippen molar-refractivity contribution in [3.8, 4) is 0 Å². The molecule has 3 nitrogen and oxygen atoms in total. The molecule has 0 aliphatic rings. The molecule has 5 heteroatoms. The molecule has 0 fully saturated rings. The van der Waals surface area contributed by atoms with E-state index in [1.807, 2.05) is 20.8 Å². The van der Waals surface area contributed by atoms with Gasteiger partial charge in [0.25, 0.3) is 0 Å². The molecule has 1 aromatic carbocycles. The third-order valence-electron chi connectivity index (χ3n) is 2.20. The Morgan fingerprint density at radius 3 is 2.35 bits per heavy atom. The van der Waals surface area contributed by atoms with Gasteiger partial charge in [-0.05, 0) is 48.8 Å². The smallest absolute Gasteiger partial charge is 0.180 e. The Labute approximate surface area is 112 Å². The largest absolute Gasteiger partial charge is 0.311 e. The van der Waals surface area contributed by atoms with Crippen LogP contribution in [0.1, 0.15) is 20.8 Å². The first-order valence-electron chi connectivity index (χ1n) is 5.45. The lowest BCUT2D eigenvalue weighted by Crippen LogP contribution is -2.38. The summed E-state index contributed by atoms with van der Waals surface area (Å²) in [7, 11) is -3.22. The molecule has 0 saturated heterocycles. The summed E-state index contributed by atoms with van der Waals surface area (Å²) in [5.41, 5.74) is -0.0660. The van der Waals surface area contributed by atoms with Gasteiger partial charge in [0.05, 0.1) is 10.6 Å². The normalized spacial score (nSPS) is 12.7. The number of hydrogen-bond donors (Lipinski definition) is 1. The fourth-order valence-corrected chi connectivity index (χ4v) is 3.63. The van der Waals surface area contributed by atoms with Crippen molar-refractivity contribution >= 4 is 25.8 Å². The monoisotopic (exact) mass is 319 g/mol. The zero-order valence-electron chi connectivity index (χ0n) is 10.3. The molecule has 0 aliphatic heterocycles. The fourth-order valence-electron chi connectivity index (χ4n) is 1.37. The van der Waals surface area contributed by atoms with Crippen LogP contribution in [0.4, 0.5) is 0 Å². The van der Waals surface area contributed by atoms with Gasteiger partial charge >= 0.3 is 0 Å². The summed E-state index contributed by atoms with van der Waals surface area (Å²) < 4.78 is 24.8. The molecule has 1 rings (SSSR count). The van der Waals surface area contributed by atoms with Crippen molar-refractivity contribution in [1.29, 1.82) is 0 Å². The maximum Gasteiger partial charge on any atom is 0.180 e. The predicted molar refractivity (Wildman–Crippen MR) is 74.0 cm³/mol. The van der Waals surface area contributed by atoms with E-state index in [1.54, 1.807) is 24.3 Å². The van der Waals surface area contributed by atoms with Crippen LogP contribution in [-0.4, -0.2) is 26.3 Å². The van der Waals surface area contributed by atoms with Crippen LogP contribution in [0.25, 0.3) is 0 Å². The van der Waals surface area contributed by atoms with Gasteiger partial charge in [-0.15, -0.1) is 0 Å². The molecule has 0 atom stereocenters. The van der Waals surface area contributed by atoms with Crippen molar-refractivity contribution in [2.75, 3.05) is 12.3 Å². The summed E-state index contributed by atoms with van der Waals surface area (Å²) in [4.78, 5) is 0.357. The van der Waals surface area contributed by atoms with Gasteiger partial charge < -0.3 is 5.32 Å². The van der Waals surface area contributed by atoms with Gasteiger partial charge in [-0.25, -0.2) is 8.42 Å². The minimum atomic E-state index is -3.22. The second-order valence-electron chi connectivity index (χ2n) is 4.93. The summed E-state index contributed by atoms with van der Waals surface area (Å²) in [6.07, 6.45) is 0. The Hall–Kier alpha value is -0.390. The van der Waals surface area contributed by atoms with E-state index < -0.39 is 9.84 Å². The van der Waals surface area contributed by atoms with E-state index in [9.17, 15) is 8.42 Å². The second kappa shape index (κ2) is 5.50. The van der Waals surface area contributed by atoms with Crippen molar-refractivity contribution in [3.63, 3.8) is 0 Å². The minimum absolute atomic E-state index is 0.0660. The van der Waals surface area contributed by atoms with E-state index in [0.717, 1.165) is 0 Å². The molecule has 0 heterocycles. The van der Waals surface area contributed by atoms with Crippen LogP contribution < -0.4 is 5.32 Å². The first-order chi connectivity index (χ1) is 7.72. The first kappa shape index (κ1) is 14.7. The number of halogens is 1. The highest BCUT2D eigenvalue weighted by atomic mass is 79.9. The highest BCUT2D eigenvalue weighted by molar-refractivity contribution is 9.10. The van der Waals surface area contributed by atoms with Gasteiger partial charge in [0, 0.05) is 16.6 Å². The van der Waals surface area contributed by atoms with Gasteiger partial charge in [0.2, 0.25) is 0 Å². The molecular weight excluding hydrogens is 302 g/mol. The maximum absolute atomic E-state index is 12.1. The van der Waals surface area contributed by atoms with E-state index in [4.69, 9.17) is 0 Å². The molecule has 96 valence electrons. The topological polar surface area (TPSA) is 46.2 Å². The average molecular weight is 320 g/mol. The molecule has 1 N–H and O–H groups in total. The van der Waals surface area contributed by atoms with Crippen LogP contribution in [0.3, 0.4) is 0 Å². The van der Waals surface area contributed by atoms with Crippen molar-refractivity contribution in [3.05, 3.63) is 28.7 Å². The Balaban J connectivity index is 2.74. The highest BCUT2D eigenvalue weighted by Gasteiger charge is 2.18. The van der Waals surface area contributed by atoms with Crippen LogP contribution in [-0.2, 0) is 9.84 Å². The Morgan fingerprint density at radius 2 is 1.82 bits per heavy atom. The van der Waals surface area contributed by atoms with Gasteiger partial charge in [-0.3, -0.25) is 0 Å². The zero-order chi connectivity index (χ0) is 13.1. The zero-order valence-corrected chi connectivity index (χ0v) is 12.7. The SMILES string of the molecule is CC(C)(C)NCCS(=O)(=O)c1ccccc1Br. The van der Waals surface area contributed by atoms with Gasteiger partial charge in [-0.2, -0.15) is 0 Å². The van der Waals surface area contributed by atoms with Crippen LogP contribution >= 0.6 is 15.9 Å². The van der Waals surface area contributed by atoms with Gasteiger partial charge in [-0.1, -0.05) is 12.1 Å². The molecule has 1 aromatic rings. The van der Waals surface area contributed by atoms with Crippen LogP contribution in [0.2, 0.25) is 0 Å². The fraction of sp³-hybridized carbons (Fsp3) is 0.500. The summed E-state index contributed by atoms with van der Waals surface area (Å²) in [6.45, 7) is 6.49. The molecule has 0 aliphatic carbocycles. The van der Waals surface area contributed by atoms with E-state index in [1.165, 1.54) is 0 Å². The molecule has 0 unspecified atom stereocenters. The number of rotatable bonds is 4. The van der Waals surface area contributed by atoms with E-state index >= 15 is 0 Å². The number of hydrogen-bond acceptors (Lipinski definition) is 3. The Morgan fingerprint density at radius 1 is 1.24 bits per heavy atom. The quantitative estimate of drug-likeness (QED) is 0.928. The lowest BCUT2D eigenvalue weighted by Gasteiger charge is -2.20. The first-order valence-corrected chi connectivity index (χ1v) is 7.89. The van der Waals surface area contributed by atoms with E-state index in [-0.39, 0.29) is 11.3 Å². The summed E-state index contributed by atoms with van der Waals surface area (Å²) in [5.74, 6) is 0.104. The van der Waals surface area contributed by atoms with E-state index in [0.29, 0.717) is 15.9 Å². The predicted octanol–water partition coefficient (Wildman–Crippen LogP) is 2.61. The molecule has 0 saturated carbocycles. The summed E-state index contributed by atoms with van der Waals surface area (Å²) in [5, 5.41) is 3.17. The summed E-state index contributed by atoms with van der Waals surface area (Å²) >= 11 is 3.26. The van der Waals surface area contributed by atoms with Crippen LogP contribution in [0.5, 0.6) is 0 Å². The molecule has 17 heavy (non-hydrogen) atoms. The molecule has 0 aromatic heterocycles. The summed E-state index contributed by atoms with van der Waals surface area (Å²) in [6, 6.07) is 6.89. The van der Waals surface area contributed by atoms with Crippen molar-refractivity contribution in [2.45, 2.75) is 31.2 Å². The highest BCUT2D eigenvalue weighted by Crippen LogP contribution is 2.22. The van der Waals surface area contributed by atoms with Gasteiger partial charge in [0.15, 0.2) is 9.84 Å². The number of benzene rings is 1. The molecular formula is C12H18BrNO2S. The lowest BCUT2D eigenvalue weighted by molar-refractivity contribution is 0.438. The lowest BCUT2D eigenvalue weighted by atomic mass is 10.1. The van der Waals surface area contributed by atoms with Crippen molar-refractivity contribution in [2.24, 2.45) is 0 Å². The van der Waals surface area contributed by atoms with Crippen LogP contribution in [0.15, 0.2) is 33.6 Å². The molecule has 0 amide bonds. The van der Waals surface area contributed by atoms with Crippen LogP contribution in [0, 0.1) is 0 Å². The Bertz CT molecular complexity index is 478. The molecule has 0 spiro atoms. The van der Waals surface area contributed by atoms with Crippen molar-refractivity contribution in [1.82, 2.24) is 5.32 Å².